The molecule has 0 radical (unpaired) electrons. The van der Waals surface area contributed by atoms with Crippen molar-refractivity contribution in [2.75, 3.05) is 20.1 Å². The van der Waals surface area contributed by atoms with Gasteiger partial charge in [0.05, 0.1) is 5.38 Å². The van der Waals surface area contributed by atoms with Crippen LogP contribution in [-0.4, -0.2) is 25.0 Å². The van der Waals surface area contributed by atoms with Gasteiger partial charge in [-0.05, 0) is 24.6 Å². The summed E-state index contributed by atoms with van der Waals surface area (Å²) in [5.74, 6) is 0. The smallest absolute Gasteiger partial charge is 0.0712 e. The Kier molecular flexibility index (Phi) is 7.68. The van der Waals surface area contributed by atoms with Crippen LogP contribution in [0.1, 0.15) is 16.5 Å². The fourth-order valence-electron chi connectivity index (χ4n) is 2.10. The van der Waals surface area contributed by atoms with E-state index in [1.54, 1.807) is 0 Å². The Morgan fingerprint density at radius 2 is 1.50 bits per heavy atom. The largest absolute Gasteiger partial charge is 0.304 e. The van der Waals surface area contributed by atoms with Crippen LogP contribution >= 0.6 is 24.0 Å². The first-order valence-electron chi connectivity index (χ1n) is 6.67. The highest BCUT2D eigenvalue weighted by molar-refractivity contribution is 6.21. The van der Waals surface area contributed by atoms with Crippen molar-refractivity contribution >= 4 is 24.0 Å². The Morgan fingerprint density at radius 3 is 2.10 bits per heavy atom. The molecule has 2 aromatic rings. The molecule has 0 saturated heterocycles. The number of halogens is 2. The van der Waals surface area contributed by atoms with E-state index < -0.39 is 0 Å². The topological polar surface area (TPSA) is 3.24 Å². The summed E-state index contributed by atoms with van der Waals surface area (Å²) < 4.78 is 0. The fraction of sp³-hybridized carbons (Fsp3) is 0.294. The maximum atomic E-state index is 6.44. The molecule has 20 heavy (non-hydrogen) atoms. The molecule has 2 rings (SSSR count). The van der Waals surface area contributed by atoms with E-state index in [1.807, 2.05) is 18.2 Å². The molecule has 0 bridgehead atoms. The Morgan fingerprint density at radius 1 is 0.950 bits per heavy atom. The minimum absolute atomic E-state index is 0. The van der Waals surface area contributed by atoms with Gasteiger partial charge in [-0.25, -0.2) is 0 Å². The first-order valence-corrected chi connectivity index (χ1v) is 7.11. The average molecular weight is 310 g/mol. The highest BCUT2D eigenvalue weighted by atomic mass is 35.5. The number of benzene rings is 2. The van der Waals surface area contributed by atoms with Crippen molar-refractivity contribution in [3.8, 4) is 0 Å². The summed E-state index contributed by atoms with van der Waals surface area (Å²) in [6.45, 7) is 1.90. The zero-order chi connectivity index (χ0) is 13.5. The van der Waals surface area contributed by atoms with Gasteiger partial charge in [0.1, 0.15) is 0 Å². The van der Waals surface area contributed by atoms with Crippen molar-refractivity contribution in [3.63, 3.8) is 0 Å². The monoisotopic (exact) mass is 309 g/mol. The molecule has 0 saturated carbocycles. The van der Waals surface area contributed by atoms with Gasteiger partial charge in [0.25, 0.3) is 0 Å². The minimum Gasteiger partial charge on any atom is -0.304 e. The molecule has 3 heteroatoms. The predicted octanol–water partition coefficient (Wildman–Crippen LogP) is 4.56. The normalized spacial score (nSPS) is 11.9. The van der Waals surface area contributed by atoms with Gasteiger partial charge in [-0.2, -0.15) is 0 Å². The lowest BCUT2D eigenvalue weighted by molar-refractivity contribution is 0.338. The molecule has 1 nitrogen and oxygen atoms in total. The number of likely N-dealkylation sites (N-methyl/N-ethyl adjacent to an activating group) is 1. The van der Waals surface area contributed by atoms with E-state index in [2.05, 4.69) is 54.4 Å². The van der Waals surface area contributed by atoms with Crippen LogP contribution in [0, 0.1) is 0 Å². The lowest BCUT2D eigenvalue weighted by atomic mass is 10.1. The molecule has 2 aromatic carbocycles. The molecule has 0 fully saturated rings. The molecule has 1 unspecified atom stereocenters. The summed E-state index contributed by atoms with van der Waals surface area (Å²) in [6.07, 6.45) is 1.07. The molecular weight excluding hydrogens is 289 g/mol. The van der Waals surface area contributed by atoms with E-state index in [4.69, 9.17) is 11.6 Å². The Labute approximate surface area is 133 Å². The van der Waals surface area contributed by atoms with Crippen LogP contribution in [0.4, 0.5) is 0 Å². The molecule has 0 amide bonds. The van der Waals surface area contributed by atoms with E-state index in [-0.39, 0.29) is 17.8 Å². The van der Waals surface area contributed by atoms with Crippen LogP contribution in [0.2, 0.25) is 0 Å². The summed E-state index contributed by atoms with van der Waals surface area (Å²) in [4.78, 5) is 2.29. The SMILES string of the molecule is CN(CCc1ccccc1)CC(Cl)c1ccccc1.Cl. The molecule has 0 aliphatic heterocycles. The maximum Gasteiger partial charge on any atom is 0.0712 e. The van der Waals surface area contributed by atoms with Gasteiger partial charge in [-0.3, -0.25) is 0 Å². The van der Waals surface area contributed by atoms with E-state index in [0.717, 1.165) is 19.5 Å². The van der Waals surface area contributed by atoms with Crippen molar-refractivity contribution in [2.24, 2.45) is 0 Å². The standard InChI is InChI=1S/C17H20ClN.ClH/c1-19(13-12-15-8-4-2-5-9-15)14-17(18)16-10-6-3-7-11-16;/h2-11,17H,12-14H2,1H3;1H. The van der Waals surface area contributed by atoms with Gasteiger partial charge < -0.3 is 4.90 Å². The summed E-state index contributed by atoms with van der Waals surface area (Å²) in [5.41, 5.74) is 2.57. The van der Waals surface area contributed by atoms with Crippen molar-refractivity contribution in [3.05, 3.63) is 71.8 Å². The van der Waals surface area contributed by atoms with E-state index in [9.17, 15) is 0 Å². The number of rotatable bonds is 6. The van der Waals surface area contributed by atoms with Crippen LogP contribution in [-0.2, 0) is 6.42 Å². The van der Waals surface area contributed by atoms with Crippen LogP contribution in [0.3, 0.4) is 0 Å². The molecule has 0 heterocycles. The van der Waals surface area contributed by atoms with Gasteiger partial charge >= 0.3 is 0 Å². The first kappa shape index (κ1) is 17.0. The van der Waals surface area contributed by atoms with Gasteiger partial charge in [-0.1, -0.05) is 60.7 Å². The lowest BCUT2D eigenvalue weighted by Crippen LogP contribution is -2.25. The highest BCUT2D eigenvalue weighted by Gasteiger charge is 2.10. The Balaban J connectivity index is 0.00000200. The molecule has 0 aliphatic rings. The van der Waals surface area contributed by atoms with Crippen molar-refractivity contribution < 1.29 is 0 Å². The maximum absolute atomic E-state index is 6.44. The molecular formula is C17H21Cl2N. The van der Waals surface area contributed by atoms with Gasteiger partial charge in [0, 0.05) is 13.1 Å². The van der Waals surface area contributed by atoms with Crippen LogP contribution in [0.15, 0.2) is 60.7 Å². The third-order valence-electron chi connectivity index (χ3n) is 3.26. The zero-order valence-electron chi connectivity index (χ0n) is 11.7. The molecule has 0 spiro atoms. The van der Waals surface area contributed by atoms with Crippen LogP contribution in [0.25, 0.3) is 0 Å². The Bertz CT molecular complexity index is 473. The minimum atomic E-state index is 0. The van der Waals surface area contributed by atoms with Crippen LogP contribution < -0.4 is 0 Å². The average Bonchev–Trinajstić information content (AvgIpc) is 2.47. The fourth-order valence-corrected chi connectivity index (χ4v) is 2.48. The summed E-state index contributed by atoms with van der Waals surface area (Å²) in [5, 5.41) is 0.0574. The molecule has 0 aliphatic carbocycles. The van der Waals surface area contributed by atoms with Crippen molar-refractivity contribution in [1.29, 1.82) is 0 Å². The first-order chi connectivity index (χ1) is 9.25. The second-order valence-electron chi connectivity index (χ2n) is 4.88. The number of hydrogen-bond donors (Lipinski definition) is 0. The molecule has 0 aromatic heterocycles. The van der Waals surface area contributed by atoms with Gasteiger partial charge in [0.2, 0.25) is 0 Å². The van der Waals surface area contributed by atoms with E-state index in [1.165, 1.54) is 11.1 Å². The predicted molar refractivity (Wildman–Crippen MR) is 89.9 cm³/mol. The molecule has 108 valence electrons. The van der Waals surface area contributed by atoms with Crippen molar-refractivity contribution in [1.82, 2.24) is 4.90 Å². The van der Waals surface area contributed by atoms with Crippen molar-refractivity contribution in [2.45, 2.75) is 11.8 Å². The third kappa shape index (κ3) is 5.54. The summed E-state index contributed by atoms with van der Waals surface area (Å²) in [6, 6.07) is 20.8. The third-order valence-corrected chi connectivity index (χ3v) is 3.65. The lowest BCUT2D eigenvalue weighted by Gasteiger charge is -2.20. The summed E-state index contributed by atoms with van der Waals surface area (Å²) in [7, 11) is 2.13. The second-order valence-corrected chi connectivity index (χ2v) is 5.40. The van der Waals surface area contributed by atoms with Gasteiger partial charge in [0.15, 0.2) is 0 Å². The van der Waals surface area contributed by atoms with Gasteiger partial charge in [-0.15, -0.1) is 24.0 Å². The zero-order valence-corrected chi connectivity index (χ0v) is 13.3. The molecule has 0 N–H and O–H groups in total. The number of alkyl halides is 1. The van der Waals surface area contributed by atoms with E-state index >= 15 is 0 Å². The summed E-state index contributed by atoms with van der Waals surface area (Å²) >= 11 is 6.44. The van der Waals surface area contributed by atoms with Crippen LogP contribution in [0.5, 0.6) is 0 Å². The highest BCUT2D eigenvalue weighted by Crippen LogP contribution is 2.20. The Hall–Kier alpha value is -1.02. The second kappa shape index (κ2) is 9.02. The molecule has 1 atom stereocenters. The number of hydrogen-bond acceptors (Lipinski definition) is 1. The quantitative estimate of drug-likeness (QED) is 0.707. The van der Waals surface area contributed by atoms with E-state index in [0.29, 0.717) is 0 Å². The number of nitrogens with zero attached hydrogens (tertiary/aromatic N) is 1.